The van der Waals surface area contributed by atoms with Gasteiger partial charge in [0, 0.05) is 16.5 Å². The van der Waals surface area contributed by atoms with Gasteiger partial charge >= 0.3 is 6.18 Å². The number of hydrogen-bond acceptors (Lipinski definition) is 4. The molecule has 1 amide bonds. The van der Waals surface area contributed by atoms with Crippen LogP contribution in [0.15, 0.2) is 46.2 Å². The Labute approximate surface area is 142 Å². The first-order valence-corrected chi connectivity index (χ1v) is 7.42. The van der Waals surface area contributed by atoms with E-state index in [9.17, 15) is 28.1 Å². The molecule has 0 aliphatic rings. The minimum absolute atomic E-state index is 0.0699. The van der Waals surface area contributed by atoms with Crippen LogP contribution in [0.2, 0.25) is 5.02 Å². The van der Waals surface area contributed by atoms with E-state index < -0.39 is 33.3 Å². The third-order valence-corrected chi connectivity index (χ3v) is 4.30. The van der Waals surface area contributed by atoms with E-state index in [0.717, 1.165) is 30.0 Å². The number of rotatable bonds is 4. The molecular weight excluding hydrogens is 369 g/mol. The lowest BCUT2D eigenvalue weighted by Crippen LogP contribution is -2.11. The molecule has 0 bridgehead atoms. The van der Waals surface area contributed by atoms with Crippen molar-refractivity contribution in [3.8, 4) is 0 Å². The molecule has 0 unspecified atom stereocenters. The van der Waals surface area contributed by atoms with Gasteiger partial charge in [-0.25, -0.2) is 0 Å². The number of carbonyl (C=O) groups excluding carboxylic acids is 1. The number of halogens is 4. The fourth-order valence-corrected chi connectivity index (χ4v) is 2.98. The molecule has 0 saturated heterocycles. The highest BCUT2D eigenvalue weighted by Crippen LogP contribution is 2.40. The van der Waals surface area contributed by atoms with Gasteiger partial charge in [-0.1, -0.05) is 23.4 Å². The molecule has 0 aliphatic heterocycles. The van der Waals surface area contributed by atoms with Gasteiger partial charge in [0.05, 0.1) is 20.4 Å². The van der Waals surface area contributed by atoms with E-state index in [1.54, 1.807) is 0 Å². The van der Waals surface area contributed by atoms with Crippen LogP contribution in [-0.2, 0) is 6.18 Å². The van der Waals surface area contributed by atoms with Crippen molar-refractivity contribution in [3.05, 3.63) is 62.7 Å². The average Bonchev–Trinajstić information content (AvgIpc) is 2.48. The summed E-state index contributed by atoms with van der Waals surface area (Å²) >= 11 is 6.28. The summed E-state index contributed by atoms with van der Waals surface area (Å²) in [5.41, 5.74) is 3.52. The number of nitrogens with zero attached hydrogens (tertiary/aromatic N) is 1. The number of amides is 1. The first kappa shape index (κ1) is 18.1. The Hall–Kier alpha value is -2.26. The molecule has 0 heterocycles. The molecule has 126 valence electrons. The number of carbonyl (C=O) groups is 1. The molecule has 0 aromatic heterocycles. The van der Waals surface area contributed by atoms with Crippen LogP contribution in [0.25, 0.3) is 0 Å². The highest BCUT2D eigenvalue weighted by Gasteiger charge is 2.33. The number of primary amides is 1. The number of hydrogen-bond donors (Lipinski definition) is 1. The van der Waals surface area contributed by atoms with Gasteiger partial charge in [-0.2, -0.15) is 13.2 Å². The average molecular weight is 377 g/mol. The van der Waals surface area contributed by atoms with Crippen molar-refractivity contribution in [2.24, 2.45) is 5.73 Å². The lowest BCUT2D eigenvalue weighted by Gasteiger charge is -2.11. The second-order valence-corrected chi connectivity index (χ2v) is 6.07. The number of nitro benzene ring substituents is 1. The molecule has 5 nitrogen and oxygen atoms in total. The van der Waals surface area contributed by atoms with Crippen LogP contribution in [0, 0.1) is 10.1 Å². The molecule has 0 aliphatic carbocycles. The highest BCUT2D eigenvalue weighted by atomic mass is 35.5. The van der Waals surface area contributed by atoms with Crippen molar-refractivity contribution in [3.63, 3.8) is 0 Å². The van der Waals surface area contributed by atoms with E-state index in [4.69, 9.17) is 17.3 Å². The van der Waals surface area contributed by atoms with Gasteiger partial charge in [0.2, 0.25) is 5.91 Å². The van der Waals surface area contributed by atoms with E-state index in [-0.39, 0.29) is 15.4 Å². The van der Waals surface area contributed by atoms with Gasteiger partial charge < -0.3 is 5.73 Å². The predicted molar refractivity (Wildman–Crippen MR) is 82.2 cm³/mol. The first-order valence-electron chi connectivity index (χ1n) is 6.22. The normalized spacial score (nSPS) is 11.3. The summed E-state index contributed by atoms with van der Waals surface area (Å²) in [6.45, 7) is 0. The summed E-state index contributed by atoms with van der Waals surface area (Å²) in [6, 6.07) is 6.68. The van der Waals surface area contributed by atoms with Crippen molar-refractivity contribution >= 4 is 35.0 Å². The SMILES string of the molecule is NC(=O)c1ccc(Sc2ccc(Cl)c(C(F)(F)F)c2)c([N+](=O)[O-])c1. The van der Waals surface area contributed by atoms with E-state index in [2.05, 4.69) is 0 Å². The summed E-state index contributed by atoms with van der Waals surface area (Å²) in [6.07, 6.45) is -4.64. The van der Waals surface area contributed by atoms with Crippen molar-refractivity contribution in [1.82, 2.24) is 0 Å². The molecule has 0 fully saturated rings. The molecule has 2 rings (SSSR count). The van der Waals surface area contributed by atoms with Gasteiger partial charge in [0.15, 0.2) is 0 Å². The molecule has 0 saturated carbocycles. The molecular formula is C14H8ClF3N2O3S. The van der Waals surface area contributed by atoms with E-state index in [1.807, 2.05) is 0 Å². The Kier molecular flexibility index (Phi) is 5.05. The number of benzene rings is 2. The van der Waals surface area contributed by atoms with Crippen molar-refractivity contribution in [2.75, 3.05) is 0 Å². The second kappa shape index (κ2) is 6.70. The van der Waals surface area contributed by atoms with Gasteiger partial charge in [0.25, 0.3) is 5.69 Å². The first-order chi connectivity index (χ1) is 11.1. The summed E-state index contributed by atoms with van der Waals surface area (Å²) in [4.78, 5) is 21.6. The van der Waals surface area contributed by atoms with Gasteiger partial charge in [-0.05, 0) is 30.3 Å². The monoisotopic (exact) mass is 376 g/mol. The van der Waals surface area contributed by atoms with Crippen LogP contribution in [0.4, 0.5) is 18.9 Å². The van der Waals surface area contributed by atoms with Crippen molar-refractivity contribution in [1.29, 1.82) is 0 Å². The number of nitro groups is 1. The van der Waals surface area contributed by atoms with Crippen LogP contribution >= 0.6 is 23.4 Å². The lowest BCUT2D eigenvalue weighted by atomic mass is 10.2. The van der Waals surface area contributed by atoms with Crippen molar-refractivity contribution < 1.29 is 22.9 Å². The second-order valence-electron chi connectivity index (χ2n) is 4.55. The molecule has 2 N–H and O–H groups in total. The Morgan fingerprint density at radius 3 is 2.42 bits per heavy atom. The summed E-state index contributed by atoms with van der Waals surface area (Å²) in [5.74, 6) is -0.847. The third kappa shape index (κ3) is 3.98. The standard InChI is InChI=1S/C14H8ClF3N2O3S/c15-10-3-2-8(6-9(10)14(16,17)18)24-12-4-1-7(13(19)21)5-11(12)20(22)23/h1-6H,(H2,19,21). The lowest BCUT2D eigenvalue weighted by molar-refractivity contribution is -0.387. The largest absolute Gasteiger partial charge is 0.417 e. The zero-order chi connectivity index (χ0) is 18.1. The van der Waals surface area contributed by atoms with E-state index >= 15 is 0 Å². The van der Waals surface area contributed by atoms with Crippen LogP contribution < -0.4 is 5.73 Å². The molecule has 2 aromatic rings. The van der Waals surface area contributed by atoms with Crippen molar-refractivity contribution in [2.45, 2.75) is 16.0 Å². The molecule has 2 aromatic carbocycles. The quantitative estimate of drug-likeness (QED) is 0.628. The Balaban J connectivity index is 2.45. The Morgan fingerprint density at radius 2 is 1.88 bits per heavy atom. The van der Waals surface area contributed by atoms with Crippen LogP contribution in [0.1, 0.15) is 15.9 Å². The van der Waals surface area contributed by atoms with Gasteiger partial charge in [0.1, 0.15) is 0 Å². The Bertz CT molecular complexity index is 827. The maximum atomic E-state index is 12.9. The number of alkyl halides is 3. The Morgan fingerprint density at radius 1 is 1.21 bits per heavy atom. The summed E-state index contributed by atoms with van der Waals surface area (Å²) in [5, 5.41) is 10.6. The minimum Gasteiger partial charge on any atom is -0.366 e. The predicted octanol–water partition coefficient (Wildman–Crippen LogP) is 4.52. The number of nitrogens with two attached hydrogens (primary N) is 1. The summed E-state index contributed by atoms with van der Waals surface area (Å²) < 4.78 is 38.6. The summed E-state index contributed by atoms with van der Waals surface area (Å²) in [7, 11) is 0. The highest BCUT2D eigenvalue weighted by molar-refractivity contribution is 7.99. The van der Waals surface area contributed by atoms with Crippen LogP contribution in [0.3, 0.4) is 0 Å². The van der Waals surface area contributed by atoms with Crippen LogP contribution in [0.5, 0.6) is 0 Å². The topological polar surface area (TPSA) is 86.2 Å². The third-order valence-electron chi connectivity index (χ3n) is 2.91. The molecule has 0 spiro atoms. The zero-order valence-corrected chi connectivity index (χ0v) is 13.2. The smallest absolute Gasteiger partial charge is 0.366 e. The van der Waals surface area contributed by atoms with Gasteiger partial charge in [-0.3, -0.25) is 14.9 Å². The fraction of sp³-hybridized carbons (Fsp3) is 0.0714. The molecule has 24 heavy (non-hydrogen) atoms. The zero-order valence-electron chi connectivity index (χ0n) is 11.6. The minimum atomic E-state index is -4.64. The van der Waals surface area contributed by atoms with E-state index in [0.29, 0.717) is 0 Å². The van der Waals surface area contributed by atoms with Gasteiger partial charge in [-0.15, -0.1) is 0 Å². The fourth-order valence-electron chi connectivity index (χ4n) is 1.81. The van der Waals surface area contributed by atoms with E-state index in [1.165, 1.54) is 18.2 Å². The molecule has 10 heteroatoms. The molecule has 0 radical (unpaired) electrons. The maximum Gasteiger partial charge on any atom is 0.417 e. The van der Waals surface area contributed by atoms with Crippen LogP contribution in [-0.4, -0.2) is 10.8 Å². The maximum absolute atomic E-state index is 12.9. The molecule has 0 atom stereocenters.